The van der Waals surface area contributed by atoms with Gasteiger partial charge in [-0.3, -0.25) is 0 Å². The Morgan fingerprint density at radius 3 is 0.852 bits per heavy atom. The molecule has 0 bridgehead atoms. The highest BCUT2D eigenvalue weighted by Crippen LogP contribution is 2.45. The molecule has 0 aliphatic carbocycles. The molecule has 0 radical (unpaired) electrons. The first-order valence-electron chi connectivity index (χ1n) is 7.17. The van der Waals surface area contributed by atoms with E-state index in [0.29, 0.717) is 24.0 Å². The minimum absolute atomic E-state index is 0.110. The van der Waals surface area contributed by atoms with Gasteiger partial charge >= 0.3 is 0 Å². The Morgan fingerprint density at radius 2 is 0.593 bits per heavy atom. The van der Waals surface area contributed by atoms with Gasteiger partial charge in [-0.1, -0.05) is 116 Å². The quantitative estimate of drug-likeness (QED) is 0.191. The number of benzene rings is 2. The zero-order valence-electron chi connectivity index (χ0n) is 13.0. The molecule has 0 atom stereocenters. The fourth-order valence-electron chi connectivity index (χ4n) is 2.19. The van der Waals surface area contributed by atoms with Crippen LogP contribution in [0.25, 0.3) is 0 Å². The molecule has 0 aromatic heterocycles. The number of rotatable bonds is 6. The van der Waals surface area contributed by atoms with Gasteiger partial charge in [0, 0.05) is 0 Å². The van der Waals surface area contributed by atoms with Gasteiger partial charge in [-0.15, -0.1) is 0 Å². The van der Waals surface area contributed by atoms with Crippen molar-refractivity contribution in [2.45, 2.75) is 12.8 Å². The summed E-state index contributed by atoms with van der Waals surface area (Å²) in [6.07, 6.45) is 0.746. The van der Waals surface area contributed by atoms with E-state index in [0.717, 1.165) is 0 Å². The Hall–Kier alpha value is 1.30. The van der Waals surface area contributed by atoms with Gasteiger partial charge in [-0.05, 0) is 24.0 Å². The summed E-state index contributed by atoms with van der Waals surface area (Å²) in [6.45, 7) is 0.579. The molecule has 0 fully saturated rings. The van der Waals surface area contributed by atoms with Crippen LogP contribution in [-0.4, -0.2) is 13.2 Å². The first-order valence-corrected chi connectivity index (χ1v) is 11.0. The van der Waals surface area contributed by atoms with Crippen molar-refractivity contribution < 1.29 is 4.74 Å². The van der Waals surface area contributed by atoms with E-state index in [1.54, 1.807) is 0 Å². The molecule has 0 unspecified atom stereocenters. The summed E-state index contributed by atoms with van der Waals surface area (Å²) in [5.41, 5.74) is 1.10. The van der Waals surface area contributed by atoms with E-state index in [9.17, 15) is 0 Å². The van der Waals surface area contributed by atoms with Crippen molar-refractivity contribution in [1.82, 2.24) is 0 Å². The average molecular weight is 571 g/mol. The van der Waals surface area contributed by atoms with Gasteiger partial charge in [0.05, 0.1) is 63.4 Å². The lowest BCUT2D eigenvalue weighted by molar-refractivity contribution is 0.140. The Balaban J connectivity index is 2.02. The summed E-state index contributed by atoms with van der Waals surface area (Å²) in [4.78, 5) is 0. The molecule has 1 nitrogen and oxygen atoms in total. The van der Waals surface area contributed by atoms with Crippen LogP contribution in [0.1, 0.15) is 11.1 Å². The molecule has 0 saturated heterocycles. The molecule has 0 amide bonds. The lowest BCUT2D eigenvalue weighted by Crippen LogP contribution is -2.05. The van der Waals surface area contributed by atoms with E-state index in [1.807, 2.05) is 0 Å². The van der Waals surface area contributed by atoms with Crippen LogP contribution in [0.15, 0.2) is 0 Å². The van der Waals surface area contributed by atoms with E-state index < -0.39 is 0 Å². The number of ether oxygens (including phenoxy) is 1. The summed E-state index contributed by atoms with van der Waals surface area (Å²) < 4.78 is 5.61. The molecular formula is C16H8Cl10O. The second-order valence-corrected chi connectivity index (χ2v) is 8.99. The van der Waals surface area contributed by atoms with E-state index in [-0.39, 0.29) is 63.4 Å². The predicted octanol–water partition coefficient (Wildman–Crippen LogP) is 10.0. The van der Waals surface area contributed by atoms with Gasteiger partial charge in [0.25, 0.3) is 0 Å². The van der Waals surface area contributed by atoms with Gasteiger partial charge < -0.3 is 4.74 Å². The van der Waals surface area contributed by atoms with Crippen molar-refractivity contribution in [2.24, 2.45) is 0 Å². The van der Waals surface area contributed by atoms with E-state index in [4.69, 9.17) is 121 Å². The first kappa shape index (κ1) is 24.6. The zero-order chi connectivity index (χ0) is 20.5. The fraction of sp³-hybridized carbons (Fsp3) is 0.250. The molecule has 11 heteroatoms. The molecule has 0 spiro atoms. The minimum Gasteiger partial charge on any atom is -0.381 e. The van der Waals surface area contributed by atoms with Gasteiger partial charge in [0.2, 0.25) is 0 Å². The van der Waals surface area contributed by atoms with Gasteiger partial charge in [-0.25, -0.2) is 0 Å². The monoisotopic (exact) mass is 566 g/mol. The third-order valence-electron chi connectivity index (χ3n) is 3.59. The summed E-state index contributed by atoms with van der Waals surface area (Å²) in [5.74, 6) is 0. The maximum atomic E-state index is 6.18. The minimum atomic E-state index is 0.110. The predicted molar refractivity (Wildman–Crippen MR) is 121 cm³/mol. The smallest absolute Gasteiger partial charge is 0.0809 e. The summed E-state index contributed by atoms with van der Waals surface area (Å²) in [7, 11) is 0. The van der Waals surface area contributed by atoms with Crippen LogP contribution >= 0.6 is 116 Å². The highest BCUT2D eigenvalue weighted by Gasteiger charge is 2.20. The van der Waals surface area contributed by atoms with Crippen molar-refractivity contribution in [1.29, 1.82) is 0 Å². The summed E-state index contributed by atoms with van der Waals surface area (Å²) in [5, 5.41) is 1.75. The van der Waals surface area contributed by atoms with Gasteiger partial charge in [0.1, 0.15) is 0 Å². The van der Waals surface area contributed by atoms with Crippen molar-refractivity contribution >= 4 is 116 Å². The Kier molecular flexibility index (Phi) is 9.60. The summed E-state index contributed by atoms with van der Waals surface area (Å²) >= 11 is 60.8. The van der Waals surface area contributed by atoms with E-state index in [1.165, 1.54) is 0 Å². The maximum Gasteiger partial charge on any atom is 0.0809 e. The van der Waals surface area contributed by atoms with Crippen LogP contribution in [0, 0.1) is 0 Å². The fourth-order valence-corrected chi connectivity index (χ4v) is 4.92. The van der Waals surface area contributed by atoms with E-state index in [2.05, 4.69) is 0 Å². The van der Waals surface area contributed by atoms with Gasteiger partial charge in [0.15, 0.2) is 0 Å². The van der Waals surface area contributed by atoms with Crippen molar-refractivity contribution in [3.63, 3.8) is 0 Å². The molecule has 0 aliphatic rings. The topological polar surface area (TPSA) is 9.23 Å². The second kappa shape index (κ2) is 10.6. The number of halogens is 10. The SMILES string of the molecule is Clc1c(Cl)c(Cl)c(CCOCCc2c(Cl)c(Cl)c(Cl)c(Cl)c2Cl)c(Cl)c1Cl. The third-order valence-corrected chi connectivity index (χ3v) is 8.30. The Morgan fingerprint density at radius 1 is 0.370 bits per heavy atom. The standard InChI is InChI=1S/C16H8Cl10O/c17-7-5(8(18)12(22)15(25)11(7)21)1-3-27-4-2-6-9(19)13(23)16(26)14(24)10(6)20/h1-4H2. The van der Waals surface area contributed by atoms with Crippen molar-refractivity contribution in [2.75, 3.05) is 13.2 Å². The van der Waals surface area contributed by atoms with Crippen LogP contribution in [0.2, 0.25) is 50.2 Å². The van der Waals surface area contributed by atoms with Crippen LogP contribution in [0.3, 0.4) is 0 Å². The zero-order valence-corrected chi connectivity index (χ0v) is 20.6. The second-order valence-electron chi connectivity index (χ2n) is 5.21. The molecule has 0 heterocycles. The van der Waals surface area contributed by atoms with Gasteiger partial charge in [-0.2, -0.15) is 0 Å². The molecule has 0 N–H and O–H groups in total. The molecule has 0 aliphatic heterocycles. The number of hydrogen-bond donors (Lipinski definition) is 0. The third kappa shape index (κ3) is 5.32. The highest BCUT2D eigenvalue weighted by atomic mass is 35.5. The maximum absolute atomic E-state index is 6.18. The molecular weight excluding hydrogens is 563 g/mol. The first-order chi connectivity index (χ1) is 12.6. The molecule has 2 rings (SSSR count). The molecule has 2 aromatic rings. The molecule has 0 saturated carbocycles. The van der Waals surface area contributed by atoms with Crippen LogP contribution in [-0.2, 0) is 17.6 Å². The molecule has 27 heavy (non-hydrogen) atoms. The largest absolute Gasteiger partial charge is 0.381 e. The van der Waals surface area contributed by atoms with E-state index >= 15 is 0 Å². The molecule has 2 aromatic carbocycles. The van der Waals surface area contributed by atoms with Crippen LogP contribution < -0.4 is 0 Å². The van der Waals surface area contributed by atoms with Crippen molar-refractivity contribution in [3.05, 3.63) is 61.4 Å². The average Bonchev–Trinajstić information content (AvgIpc) is 2.66. The van der Waals surface area contributed by atoms with Crippen LogP contribution in [0.4, 0.5) is 0 Å². The normalized spacial score (nSPS) is 11.3. The van der Waals surface area contributed by atoms with Crippen molar-refractivity contribution in [3.8, 4) is 0 Å². The van der Waals surface area contributed by atoms with Crippen LogP contribution in [0.5, 0.6) is 0 Å². The molecule has 148 valence electrons. The Labute approximate surface area is 206 Å². The highest BCUT2D eigenvalue weighted by molar-refractivity contribution is 6.56. The lowest BCUT2D eigenvalue weighted by Gasteiger charge is -2.14. The number of hydrogen-bond acceptors (Lipinski definition) is 1. The lowest BCUT2D eigenvalue weighted by atomic mass is 10.1. The Bertz CT molecular complexity index is 751. The summed E-state index contributed by atoms with van der Waals surface area (Å²) in [6, 6.07) is 0.